The summed E-state index contributed by atoms with van der Waals surface area (Å²) in [6, 6.07) is 7.59. The fourth-order valence-electron chi connectivity index (χ4n) is 3.84. The van der Waals surface area contributed by atoms with E-state index in [1.54, 1.807) is 18.2 Å². The Morgan fingerprint density at radius 2 is 2.00 bits per heavy atom. The smallest absolute Gasteiger partial charge is 0.287 e. The van der Waals surface area contributed by atoms with Gasteiger partial charge in [0.25, 0.3) is 11.6 Å². The fraction of sp³-hybridized carbons (Fsp3) is 0.389. The van der Waals surface area contributed by atoms with Gasteiger partial charge < -0.3 is 14.6 Å². The predicted octanol–water partition coefficient (Wildman–Crippen LogP) is 3.75. The average Bonchev–Trinajstić information content (AvgIpc) is 3.12. The number of piperidine rings is 3. The minimum Gasteiger partial charge on any atom is -0.451 e. The molecule has 0 aliphatic carbocycles. The van der Waals surface area contributed by atoms with Gasteiger partial charge in [-0.25, -0.2) is 0 Å². The number of hydrogen-bond donors (Lipinski definition) is 1. The van der Waals surface area contributed by atoms with Crippen LogP contribution in [0.1, 0.15) is 23.4 Å². The molecule has 3 aliphatic heterocycles. The quantitative estimate of drug-likeness (QED) is 0.610. The molecule has 2 aromatic rings. The van der Waals surface area contributed by atoms with Gasteiger partial charge >= 0.3 is 0 Å². The van der Waals surface area contributed by atoms with Crippen LogP contribution in [0.4, 0.5) is 5.69 Å². The minimum atomic E-state index is -0.517. The average molecular weight is 412 g/mol. The molecule has 3 saturated heterocycles. The molecule has 3 fully saturated rings. The predicted molar refractivity (Wildman–Crippen MR) is 103 cm³/mol. The molecule has 3 aliphatic rings. The number of carbonyl (C=O) groups is 1. The van der Waals surface area contributed by atoms with Crippen molar-refractivity contribution in [3.63, 3.8) is 0 Å². The molecule has 27 heavy (non-hydrogen) atoms. The second kappa shape index (κ2) is 7.88. The highest BCUT2D eigenvalue weighted by atomic mass is 35.5. The van der Waals surface area contributed by atoms with Crippen molar-refractivity contribution in [3.05, 3.63) is 51.2 Å². The number of furan rings is 1. The maximum Gasteiger partial charge on any atom is 0.287 e. The zero-order valence-corrected chi connectivity index (χ0v) is 16.0. The number of hydrogen-bond acceptors (Lipinski definition) is 5. The van der Waals surface area contributed by atoms with Crippen LogP contribution in [0.2, 0.25) is 5.02 Å². The van der Waals surface area contributed by atoms with Crippen LogP contribution in [0.3, 0.4) is 0 Å². The van der Waals surface area contributed by atoms with Gasteiger partial charge in [-0.3, -0.25) is 14.9 Å². The molecule has 1 aromatic heterocycles. The number of halogens is 2. The first-order valence-electron chi connectivity index (χ1n) is 8.58. The highest BCUT2D eigenvalue weighted by Gasteiger charge is 2.35. The second-order valence-electron chi connectivity index (χ2n) is 6.80. The number of rotatable bonds is 4. The van der Waals surface area contributed by atoms with Crippen molar-refractivity contribution in [2.45, 2.75) is 18.9 Å². The van der Waals surface area contributed by atoms with Gasteiger partial charge in [-0.05, 0) is 56.1 Å². The molecular formula is C18H19Cl2N3O4. The molecule has 0 radical (unpaired) electrons. The van der Waals surface area contributed by atoms with Crippen LogP contribution >= 0.6 is 24.0 Å². The van der Waals surface area contributed by atoms with Gasteiger partial charge in [0.1, 0.15) is 5.76 Å². The summed E-state index contributed by atoms with van der Waals surface area (Å²) in [6.45, 7) is 3.07. The first kappa shape index (κ1) is 19.7. The van der Waals surface area contributed by atoms with Crippen molar-refractivity contribution in [1.82, 2.24) is 10.2 Å². The van der Waals surface area contributed by atoms with E-state index in [1.807, 2.05) is 0 Å². The van der Waals surface area contributed by atoms with E-state index in [9.17, 15) is 14.9 Å². The Hall–Kier alpha value is -2.09. The van der Waals surface area contributed by atoms with Gasteiger partial charge in [-0.2, -0.15) is 0 Å². The number of amides is 1. The second-order valence-corrected chi connectivity index (χ2v) is 7.24. The van der Waals surface area contributed by atoms with Gasteiger partial charge in [0, 0.05) is 23.7 Å². The van der Waals surface area contributed by atoms with E-state index in [1.165, 1.54) is 12.1 Å². The number of nitro groups is 1. The van der Waals surface area contributed by atoms with Crippen molar-refractivity contribution in [1.29, 1.82) is 0 Å². The maximum atomic E-state index is 12.5. The van der Waals surface area contributed by atoms with E-state index in [-0.39, 0.29) is 46.6 Å². The molecule has 4 heterocycles. The summed E-state index contributed by atoms with van der Waals surface area (Å²) in [7, 11) is 0. The Balaban J connectivity index is 0.00000210. The maximum absolute atomic E-state index is 12.5. The lowest BCUT2D eigenvalue weighted by Gasteiger charge is -2.44. The number of nitrogens with zero attached hydrogens (tertiary/aromatic N) is 2. The Labute approximate surface area is 167 Å². The van der Waals surface area contributed by atoms with Crippen LogP contribution in [0.15, 0.2) is 34.7 Å². The van der Waals surface area contributed by atoms with E-state index in [2.05, 4.69) is 10.2 Å². The van der Waals surface area contributed by atoms with E-state index < -0.39 is 4.92 Å². The Morgan fingerprint density at radius 1 is 1.26 bits per heavy atom. The molecule has 1 amide bonds. The Bertz CT molecular complexity index is 862. The molecule has 1 aromatic carbocycles. The highest BCUT2D eigenvalue weighted by molar-refractivity contribution is 6.30. The summed E-state index contributed by atoms with van der Waals surface area (Å²) in [5, 5.41) is 14.6. The molecule has 5 rings (SSSR count). The number of nitrogens with one attached hydrogen (secondary N) is 1. The standard InChI is InChI=1S/C18H18ClN3O4.ClH/c19-12-1-2-13(15(9-12)22(24)25)16-3-4-17(26-16)18(23)20-14-10-21-7-5-11(14)6-8-21;/h1-4,9,11,14H,5-8,10H2,(H,20,23);1H/t14-;/m0./s1. The first-order valence-corrected chi connectivity index (χ1v) is 8.96. The molecule has 1 atom stereocenters. The summed E-state index contributed by atoms with van der Waals surface area (Å²) in [5.41, 5.74) is 0.137. The summed E-state index contributed by atoms with van der Waals surface area (Å²) < 4.78 is 5.61. The van der Waals surface area contributed by atoms with Crippen molar-refractivity contribution >= 4 is 35.6 Å². The van der Waals surface area contributed by atoms with Gasteiger partial charge in [0.15, 0.2) is 5.76 Å². The van der Waals surface area contributed by atoms with Crippen LogP contribution in [0.5, 0.6) is 0 Å². The van der Waals surface area contributed by atoms with E-state index in [0.717, 1.165) is 32.5 Å². The minimum absolute atomic E-state index is 0. The first-order chi connectivity index (χ1) is 12.5. The van der Waals surface area contributed by atoms with Crippen LogP contribution in [-0.2, 0) is 0 Å². The molecule has 2 bridgehead atoms. The van der Waals surface area contributed by atoms with Gasteiger partial charge in [-0.15, -0.1) is 12.4 Å². The van der Waals surface area contributed by atoms with Crippen molar-refractivity contribution in [2.75, 3.05) is 19.6 Å². The van der Waals surface area contributed by atoms with Crippen LogP contribution in [-0.4, -0.2) is 41.4 Å². The van der Waals surface area contributed by atoms with Gasteiger partial charge in [0.05, 0.1) is 10.5 Å². The van der Waals surface area contributed by atoms with Crippen LogP contribution < -0.4 is 5.32 Å². The lowest BCUT2D eigenvalue weighted by molar-refractivity contribution is -0.384. The Kier molecular flexibility index (Phi) is 5.74. The molecule has 1 N–H and O–H groups in total. The van der Waals surface area contributed by atoms with E-state index >= 15 is 0 Å². The summed E-state index contributed by atoms with van der Waals surface area (Å²) in [4.78, 5) is 25.6. The molecule has 7 nitrogen and oxygen atoms in total. The van der Waals surface area contributed by atoms with Crippen molar-refractivity contribution < 1.29 is 14.1 Å². The van der Waals surface area contributed by atoms with Crippen LogP contribution in [0, 0.1) is 16.0 Å². The summed E-state index contributed by atoms with van der Waals surface area (Å²) in [6.07, 6.45) is 2.21. The van der Waals surface area contributed by atoms with Gasteiger partial charge in [0.2, 0.25) is 0 Å². The molecule has 0 spiro atoms. The number of carbonyl (C=O) groups excluding carboxylic acids is 1. The SMILES string of the molecule is Cl.O=C(N[C@H]1CN2CCC1CC2)c1ccc(-c2ccc(Cl)cc2[N+](=O)[O-])o1. The summed E-state index contributed by atoms with van der Waals surface area (Å²) in [5.74, 6) is 0.649. The zero-order valence-electron chi connectivity index (χ0n) is 14.4. The third kappa shape index (κ3) is 3.95. The number of fused-ring (bicyclic) bond motifs is 3. The lowest BCUT2D eigenvalue weighted by atomic mass is 9.84. The molecule has 144 valence electrons. The number of nitro benzene ring substituents is 1. The van der Waals surface area contributed by atoms with Crippen LogP contribution in [0.25, 0.3) is 11.3 Å². The van der Waals surface area contributed by atoms with E-state index in [0.29, 0.717) is 11.5 Å². The molecule has 9 heteroatoms. The number of benzene rings is 1. The highest BCUT2D eigenvalue weighted by Crippen LogP contribution is 2.33. The monoisotopic (exact) mass is 411 g/mol. The third-order valence-electron chi connectivity index (χ3n) is 5.22. The van der Waals surface area contributed by atoms with Crippen molar-refractivity contribution in [2.24, 2.45) is 5.92 Å². The molecule has 0 saturated carbocycles. The third-order valence-corrected chi connectivity index (χ3v) is 5.46. The van der Waals surface area contributed by atoms with Gasteiger partial charge in [-0.1, -0.05) is 11.6 Å². The van der Waals surface area contributed by atoms with E-state index in [4.69, 9.17) is 16.0 Å². The Morgan fingerprint density at radius 3 is 2.63 bits per heavy atom. The lowest BCUT2D eigenvalue weighted by Crippen LogP contribution is -2.57. The fourth-order valence-corrected chi connectivity index (χ4v) is 4.00. The molecular weight excluding hydrogens is 393 g/mol. The van der Waals surface area contributed by atoms with Crippen molar-refractivity contribution in [3.8, 4) is 11.3 Å². The zero-order chi connectivity index (χ0) is 18.3. The normalized spacial score (nSPS) is 23.5. The summed E-state index contributed by atoms with van der Waals surface area (Å²) >= 11 is 5.84. The molecule has 0 unspecified atom stereocenters. The largest absolute Gasteiger partial charge is 0.451 e. The topological polar surface area (TPSA) is 88.6 Å².